The molecule has 0 aliphatic heterocycles. The summed E-state index contributed by atoms with van der Waals surface area (Å²) in [5.74, 6) is 1.24. The number of para-hydroxylation sites is 1. The van der Waals surface area contributed by atoms with E-state index in [1.807, 2.05) is 19.9 Å². The van der Waals surface area contributed by atoms with Crippen LogP contribution in [0.5, 0.6) is 11.5 Å². The Kier molecular flexibility index (Phi) is 7.63. The molecule has 0 aliphatic rings. The maximum atomic E-state index is 13.7. The molecule has 0 aliphatic carbocycles. The Balaban J connectivity index is 1.99. The van der Waals surface area contributed by atoms with Crippen LogP contribution in [-0.4, -0.2) is 57.2 Å². The molecule has 1 aromatic carbocycles. The average Bonchev–Trinajstić information content (AvgIpc) is 3.22. The van der Waals surface area contributed by atoms with E-state index in [1.165, 1.54) is 18.9 Å². The normalized spacial score (nSPS) is 13.8. The van der Waals surface area contributed by atoms with Crippen molar-refractivity contribution in [3.63, 3.8) is 0 Å². The van der Waals surface area contributed by atoms with E-state index in [1.54, 1.807) is 68.4 Å². The molecule has 3 aromatic heterocycles. The summed E-state index contributed by atoms with van der Waals surface area (Å²) < 4.78 is 46.0. The molecular formula is C26H31N7O4S. The lowest BCUT2D eigenvalue weighted by molar-refractivity contribution is 0.390. The molecule has 0 saturated heterocycles. The molecule has 2 unspecified atom stereocenters. The molecule has 200 valence electrons. The van der Waals surface area contributed by atoms with Crippen LogP contribution in [-0.2, 0) is 17.1 Å². The van der Waals surface area contributed by atoms with Crippen LogP contribution in [0.15, 0.2) is 53.5 Å². The van der Waals surface area contributed by atoms with E-state index in [4.69, 9.17) is 9.47 Å². The van der Waals surface area contributed by atoms with Crippen molar-refractivity contribution in [3.05, 3.63) is 71.6 Å². The smallest absolute Gasteiger partial charge is 0.259 e. The van der Waals surface area contributed by atoms with Crippen LogP contribution in [0.3, 0.4) is 0 Å². The van der Waals surface area contributed by atoms with Crippen molar-refractivity contribution in [2.75, 3.05) is 14.2 Å². The van der Waals surface area contributed by atoms with Gasteiger partial charge in [0.1, 0.15) is 23.0 Å². The Bertz CT molecular complexity index is 1600. The Labute approximate surface area is 221 Å². The number of rotatable bonds is 8. The van der Waals surface area contributed by atoms with Gasteiger partial charge in [-0.1, -0.05) is 13.0 Å². The van der Waals surface area contributed by atoms with Crippen LogP contribution in [0, 0.1) is 13.8 Å². The van der Waals surface area contributed by atoms with Gasteiger partial charge in [-0.25, -0.2) is 23.1 Å². The summed E-state index contributed by atoms with van der Waals surface area (Å²) in [7, 11) is 0.621. The Hall–Kier alpha value is -4.06. The summed E-state index contributed by atoms with van der Waals surface area (Å²) in [5, 5.41) is 3.73. The SMILES string of the molecule is COc1cccc(OC)c1-n1c(-c2cncc(C)c2)nn(C)c1=NS(=O)(=O)C(C)C(C)c1ncc(C)cn1. The minimum atomic E-state index is -4.07. The molecule has 0 amide bonds. The summed E-state index contributed by atoms with van der Waals surface area (Å²) in [5.41, 5.74) is 2.99. The van der Waals surface area contributed by atoms with Gasteiger partial charge in [0, 0.05) is 43.3 Å². The molecule has 2 atom stereocenters. The first-order valence-electron chi connectivity index (χ1n) is 11.9. The Morgan fingerprint density at radius 3 is 2.16 bits per heavy atom. The molecule has 4 aromatic rings. The predicted molar refractivity (Wildman–Crippen MR) is 143 cm³/mol. The number of nitrogens with zero attached hydrogens (tertiary/aromatic N) is 7. The fourth-order valence-electron chi connectivity index (χ4n) is 4.00. The van der Waals surface area contributed by atoms with E-state index in [0.717, 1.165) is 11.1 Å². The molecule has 38 heavy (non-hydrogen) atoms. The molecule has 3 heterocycles. The second-order valence-electron chi connectivity index (χ2n) is 9.06. The van der Waals surface area contributed by atoms with Gasteiger partial charge in [0.25, 0.3) is 10.0 Å². The van der Waals surface area contributed by atoms with Gasteiger partial charge in [0.2, 0.25) is 5.62 Å². The summed E-state index contributed by atoms with van der Waals surface area (Å²) in [6.07, 6.45) is 6.72. The van der Waals surface area contributed by atoms with Crippen LogP contribution < -0.4 is 15.1 Å². The van der Waals surface area contributed by atoms with E-state index in [-0.39, 0.29) is 5.62 Å². The second kappa shape index (κ2) is 10.7. The zero-order valence-corrected chi connectivity index (χ0v) is 23.3. The highest BCUT2D eigenvalue weighted by Crippen LogP contribution is 2.34. The summed E-state index contributed by atoms with van der Waals surface area (Å²) in [4.78, 5) is 12.9. The largest absolute Gasteiger partial charge is 0.494 e. The molecule has 11 nitrogen and oxygen atoms in total. The monoisotopic (exact) mass is 537 g/mol. The van der Waals surface area contributed by atoms with Crippen LogP contribution in [0.25, 0.3) is 17.1 Å². The van der Waals surface area contributed by atoms with Gasteiger partial charge >= 0.3 is 0 Å². The standard InChI is InChI=1S/C26H31N7O4S/c1-16-11-20(15-27-12-16)25-30-32(5)26(33(25)23-21(36-6)9-8-10-22(23)37-7)31-38(34,35)19(4)18(3)24-28-13-17(2)14-29-24/h8-15,18-19H,1-7H3. The molecule has 12 heteroatoms. The number of aryl methyl sites for hydroxylation is 3. The fraction of sp³-hybridized carbons (Fsp3) is 0.346. The molecule has 0 fully saturated rings. The van der Waals surface area contributed by atoms with Crippen LogP contribution in [0.1, 0.15) is 36.7 Å². The van der Waals surface area contributed by atoms with Crippen molar-refractivity contribution >= 4 is 10.0 Å². The number of aromatic nitrogens is 6. The predicted octanol–water partition coefficient (Wildman–Crippen LogP) is 3.12. The Morgan fingerprint density at radius 1 is 0.947 bits per heavy atom. The van der Waals surface area contributed by atoms with Crippen molar-refractivity contribution in [2.24, 2.45) is 11.4 Å². The molecule has 0 saturated carbocycles. The van der Waals surface area contributed by atoms with E-state index in [2.05, 4.69) is 24.4 Å². The van der Waals surface area contributed by atoms with E-state index >= 15 is 0 Å². The third-order valence-corrected chi connectivity index (χ3v) is 8.06. The van der Waals surface area contributed by atoms with Gasteiger partial charge in [0.15, 0.2) is 5.82 Å². The summed E-state index contributed by atoms with van der Waals surface area (Å²) in [6.45, 7) is 7.16. The van der Waals surface area contributed by atoms with Crippen LogP contribution in [0.4, 0.5) is 0 Å². The Morgan fingerprint density at radius 2 is 1.58 bits per heavy atom. The minimum Gasteiger partial charge on any atom is -0.494 e. The van der Waals surface area contributed by atoms with Crippen molar-refractivity contribution in [2.45, 2.75) is 38.9 Å². The maximum Gasteiger partial charge on any atom is 0.259 e. The number of hydrogen-bond acceptors (Lipinski definition) is 8. The van der Waals surface area contributed by atoms with Crippen molar-refractivity contribution in [1.82, 2.24) is 29.3 Å². The highest BCUT2D eigenvalue weighted by molar-refractivity contribution is 7.90. The second-order valence-corrected chi connectivity index (χ2v) is 11.0. The maximum absolute atomic E-state index is 13.7. The first kappa shape index (κ1) is 27.0. The number of methoxy groups -OCH3 is 2. The van der Waals surface area contributed by atoms with Crippen molar-refractivity contribution in [1.29, 1.82) is 0 Å². The summed E-state index contributed by atoms with van der Waals surface area (Å²) >= 11 is 0. The quantitative estimate of drug-likeness (QED) is 0.336. The van der Waals surface area contributed by atoms with Crippen LogP contribution >= 0.6 is 0 Å². The first-order chi connectivity index (χ1) is 18.1. The van der Waals surface area contributed by atoms with E-state index in [9.17, 15) is 8.42 Å². The van der Waals surface area contributed by atoms with Gasteiger partial charge in [0.05, 0.1) is 19.5 Å². The third kappa shape index (κ3) is 5.17. The molecule has 0 N–H and O–H groups in total. The molecule has 0 bridgehead atoms. The lowest BCUT2D eigenvalue weighted by atomic mass is 10.1. The molecule has 4 rings (SSSR count). The molecular weight excluding hydrogens is 506 g/mol. The van der Waals surface area contributed by atoms with E-state index < -0.39 is 21.2 Å². The number of sulfonamides is 1. The topological polar surface area (TPSA) is 126 Å². The molecule has 0 spiro atoms. The third-order valence-electron chi connectivity index (χ3n) is 6.30. The minimum absolute atomic E-state index is 0.0631. The number of hydrogen-bond donors (Lipinski definition) is 0. The average molecular weight is 538 g/mol. The fourth-order valence-corrected chi connectivity index (χ4v) is 5.23. The zero-order chi connectivity index (χ0) is 27.6. The summed E-state index contributed by atoms with van der Waals surface area (Å²) in [6, 6.07) is 7.21. The zero-order valence-electron chi connectivity index (χ0n) is 22.4. The van der Waals surface area contributed by atoms with Crippen molar-refractivity contribution in [3.8, 4) is 28.6 Å². The number of pyridine rings is 1. The highest BCUT2D eigenvalue weighted by atomic mass is 32.2. The van der Waals surface area contributed by atoms with Crippen LogP contribution in [0.2, 0.25) is 0 Å². The van der Waals surface area contributed by atoms with Gasteiger partial charge in [-0.05, 0) is 50.1 Å². The van der Waals surface area contributed by atoms with Gasteiger partial charge in [-0.2, -0.15) is 5.10 Å². The number of benzene rings is 1. The molecule has 0 radical (unpaired) electrons. The van der Waals surface area contributed by atoms with E-state index in [0.29, 0.717) is 34.4 Å². The lowest BCUT2D eigenvalue weighted by Crippen LogP contribution is -2.31. The number of ether oxygens (including phenoxy) is 2. The van der Waals surface area contributed by atoms with Gasteiger partial charge in [-0.3, -0.25) is 9.55 Å². The van der Waals surface area contributed by atoms with Gasteiger partial charge < -0.3 is 9.47 Å². The lowest BCUT2D eigenvalue weighted by Gasteiger charge is -2.17. The van der Waals surface area contributed by atoms with Gasteiger partial charge in [-0.15, -0.1) is 4.40 Å². The van der Waals surface area contributed by atoms with Crippen molar-refractivity contribution < 1.29 is 17.9 Å². The first-order valence-corrected chi connectivity index (χ1v) is 13.5. The highest BCUT2D eigenvalue weighted by Gasteiger charge is 2.30.